The van der Waals surface area contributed by atoms with E-state index in [9.17, 15) is 14.4 Å². The van der Waals surface area contributed by atoms with E-state index in [-0.39, 0.29) is 18.0 Å². The average molecular weight is 446 g/mol. The third-order valence-electron chi connectivity index (χ3n) is 6.33. The summed E-state index contributed by atoms with van der Waals surface area (Å²) >= 11 is 0. The van der Waals surface area contributed by atoms with Gasteiger partial charge < -0.3 is 20.4 Å². The number of H-pyrrole nitrogens is 1. The van der Waals surface area contributed by atoms with Gasteiger partial charge in [0.15, 0.2) is 0 Å². The van der Waals surface area contributed by atoms with E-state index in [1.165, 1.54) is 6.07 Å². The molecule has 7 heteroatoms. The first-order valence-electron chi connectivity index (χ1n) is 11.0. The van der Waals surface area contributed by atoms with Gasteiger partial charge in [-0.1, -0.05) is 54.6 Å². The summed E-state index contributed by atoms with van der Waals surface area (Å²) in [5, 5.41) is 0. The van der Waals surface area contributed by atoms with Crippen LogP contribution in [0.4, 0.5) is 4.79 Å². The summed E-state index contributed by atoms with van der Waals surface area (Å²) in [7, 11) is 0. The average Bonchev–Trinajstić information content (AvgIpc) is 2.83. The minimum atomic E-state index is -0.863. The Bertz CT molecular complexity index is 1170. The zero-order valence-corrected chi connectivity index (χ0v) is 18.5. The maximum absolute atomic E-state index is 13.1. The smallest absolute Gasteiger partial charge is 0.411 e. The minimum Gasteiger partial charge on any atom is -0.438 e. The molecule has 0 spiro atoms. The Morgan fingerprint density at radius 1 is 1.06 bits per heavy atom. The molecule has 4 rings (SSSR count). The van der Waals surface area contributed by atoms with Crippen LogP contribution in [0.1, 0.15) is 43.4 Å². The second-order valence-electron chi connectivity index (χ2n) is 8.38. The molecule has 1 aromatic heterocycles. The van der Waals surface area contributed by atoms with Crippen LogP contribution in [0, 0.1) is 0 Å². The zero-order valence-electron chi connectivity index (χ0n) is 18.5. The van der Waals surface area contributed by atoms with Crippen LogP contribution in [0.25, 0.3) is 11.1 Å². The van der Waals surface area contributed by atoms with Crippen LogP contribution < -0.4 is 11.3 Å². The van der Waals surface area contributed by atoms with Crippen LogP contribution >= 0.6 is 0 Å². The molecule has 0 unspecified atom stereocenters. The van der Waals surface area contributed by atoms with Crippen molar-refractivity contribution in [1.29, 1.82) is 0 Å². The lowest BCUT2D eigenvalue weighted by molar-refractivity contribution is -0.121. The number of hydrogen-bond acceptors (Lipinski definition) is 4. The molecular formula is C26H27N3O4. The van der Waals surface area contributed by atoms with Crippen LogP contribution in [0.3, 0.4) is 0 Å². The van der Waals surface area contributed by atoms with Gasteiger partial charge in [-0.15, -0.1) is 0 Å². The van der Waals surface area contributed by atoms with E-state index >= 15 is 0 Å². The number of ether oxygens (including phenoxy) is 1. The van der Waals surface area contributed by atoms with E-state index < -0.39 is 17.6 Å². The standard InChI is InChI=1S/C26H27N3O4/c1-18(19-7-9-20(10-8-19)21-11-12-24(31)28-17-21)29-16-15-26(33-25(29)32,14-13-23(27)30)22-5-3-2-4-6-22/h2-12,17-18H,13-16H2,1H3,(H2,27,30)(H,28,31)/t18-,26+/m0/s1. The first kappa shape index (κ1) is 22.3. The molecule has 1 fully saturated rings. The van der Waals surface area contributed by atoms with Gasteiger partial charge in [-0.3, -0.25) is 9.59 Å². The van der Waals surface area contributed by atoms with Gasteiger partial charge in [0, 0.05) is 38.1 Å². The Morgan fingerprint density at radius 2 is 1.76 bits per heavy atom. The van der Waals surface area contributed by atoms with E-state index in [0.717, 1.165) is 22.3 Å². The van der Waals surface area contributed by atoms with Crippen molar-refractivity contribution in [3.8, 4) is 11.1 Å². The van der Waals surface area contributed by atoms with Gasteiger partial charge >= 0.3 is 6.09 Å². The molecule has 33 heavy (non-hydrogen) atoms. The molecule has 3 aromatic rings. The molecule has 0 bridgehead atoms. The summed E-state index contributed by atoms with van der Waals surface area (Å²) in [5.74, 6) is -0.417. The summed E-state index contributed by atoms with van der Waals surface area (Å²) in [5.41, 5.74) is 8.11. The normalized spacial score (nSPS) is 19.1. The van der Waals surface area contributed by atoms with Crippen LogP contribution in [0.2, 0.25) is 0 Å². The molecule has 1 aliphatic rings. The van der Waals surface area contributed by atoms with E-state index in [4.69, 9.17) is 10.5 Å². The van der Waals surface area contributed by atoms with Crippen molar-refractivity contribution in [3.05, 3.63) is 94.4 Å². The molecule has 7 nitrogen and oxygen atoms in total. The number of nitrogens with two attached hydrogens (primary N) is 1. The third-order valence-corrected chi connectivity index (χ3v) is 6.33. The molecule has 2 heterocycles. The van der Waals surface area contributed by atoms with Gasteiger partial charge in [-0.25, -0.2) is 4.79 Å². The fraction of sp³-hybridized carbons (Fsp3) is 0.269. The maximum atomic E-state index is 13.1. The van der Waals surface area contributed by atoms with E-state index in [0.29, 0.717) is 19.4 Å². The highest BCUT2D eigenvalue weighted by molar-refractivity contribution is 5.74. The summed E-state index contributed by atoms with van der Waals surface area (Å²) in [6, 6.07) is 20.5. The molecule has 3 N–H and O–H groups in total. The Hall–Kier alpha value is -3.87. The van der Waals surface area contributed by atoms with E-state index in [1.807, 2.05) is 61.5 Å². The SMILES string of the molecule is C[C@@H](c1ccc(-c2ccc(=O)[nH]c2)cc1)N1CC[C@](CCC(N)=O)(c2ccccc2)OC1=O. The lowest BCUT2D eigenvalue weighted by atomic mass is 9.84. The molecule has 2 atom stereocenters. The fourth-order valence-corrected chi connectivity index (χ4v) is 4.34. The van der Waals surface area contributed by atoms with Gasteiger partial charge in [-0.2, -0.15) is 0 Å². The molecule has 170 valence electrons. The minimum absolute atomic E-state index is 0.143. The van der Waals surface area contributed by atoms with Crippen molar-refractivity contribution in [2.75, 3.05) is 6.54 Å². The van der Waals surface area contributed by atoms with Crippen LogP contribution in [-0.4, -0.2) is 28.4 Å². The zero-order chi connectivity index (χ0) is 23.4. The number of cyclic esters (lactones) is 1. The van der Waals surface area contributed by atoms with Gasteiger partial charge in [0.25, 0.3) is 0 Å². The number of rotatable bonds is 7. The molecule has 2 aromatic carbocycles. The molecule has 0 aliphatic carbocycles. The fourth-order valence-electron chi connectivity index (χ4n) is 4.34. The number of nitrogens with zero attached hydrogens (tertiary/aromatic N) is 1. The monoisotopic (exact) mass is 445 g/mol. The van der Waals surface area contributed by atoms with Gasteiger partial charge in [0.05, 0.1) is 6.04 Å². The Labute approximate surface area is 192 Å². The predicted octanol–water partition coefficient (Wildman–Crippen LogP) is 4.11. The summed E-state index contributed by atoms with van der Waals surface area (Å²) < 4.78 is 6.02. The van der Waals surface area contributed by atoms with Crippen molar-refractivity contribution in [2.24, 2.45) is 5.73 Å². The van der Waals surface area contributed by atoms with Crippen molar-refractivity contribution in [1.82, 2.24) is 9.88 Å². The summed E-state index contributed by atoms with van der Waals surface area (Å²) in [4.78, 5) is 40.2. The number of amides is 2. The summed E-state index contributed by atoms with van der Waals surface area (Å²) in [6.07, 6.45) is 2.33. The second kappa shape index (κ2) is 9.32. The molecule has 0 radical (unpaired) electrons. The van der Waals surface area contributed by atoms with Gasteiger partial charge in [-0.05, 0) is 35.2 Å². The second-order valence-corrected chi connectivity index (χ2v) is 8.38. The highest BCUT2D eigenvalue weighted by Crippen LogP contribution is 2.40. The number of aromatic nitrogens is 1. The Balaban J connectivity index is 1.51. The van der Waals surface area contributed by atoms with Crippen molar-refractivity contribution in [2.45, 2.75) is 37.8 Å². The quantitative estimate of drug-likeness (QED) is 0.571. The molecule has 1 aliphatic heterocycles. The number of carbonyl (C=O) groups is 2. The third kappa shape index (κ3) is 4.82. The number of pyridine rings is 1. The number of carbonyl (C=O) groups excluding carboxylic acids is 2. The van der Waals surface area contributed by atoms with Crippen LogP contribution in [0.15, 0.2) is 77.7 Å². The topological polar surface area (TPSA) is 105 Å². The number of benzene rings is 2. The summed E-state index contributed by atoms with van der Waals surface area (Å²) in [6.45, 7) is 2.46. The van der Waals surface area contributed by atoms with Gasteiger partial charge in [0.1, 0.15) is 5.60 Å². The molecular weight excluding hydrogens is 418 g/mol. The highest BCUT2D eigenvalue weighted by Gasteiger charge is 2.43. The van der Waals surface area contributed by atoms with Crippen molar-refractivity contribution in [3.63, 3.8) is 0 Å². The van der Waals surface area contributed by atoms with E-state index in [2.05, 4.69) is 4.98 Å². The van der Waals surface area contributed by atoms with Crippen LogP contribution in [-0.2, 0) is 15.1 Å². The Morgan fingerprint density at radius 3 is 2.36 bits per heavy atom. The largest absolute Gasteiger partial charge is 0.438 e. The number of primary amides is 1. The van der Waals surface area contributed by atoms with Crippen molar-refractivity contribution < 1.29 is 14.3 Å². The molecule has 0 saturated carbocycles. The molecule has 2 amide bonds. The maximum Gasteiger partial charge on any atom is 0.411 e. The van der Waals surface area contributed by atoms with E-state index in [1.54, 1.807) is 17.2 Å². The predicted molar refractivity (Wildman–Crippen MR) is 125 cm³/mol. The highest BCUT2D eigenvalue weighted by atomic mass is 16.6. The van der Waals surface area contributed by atoms with Gasteiger partial charge in [0.2, 0.25) is 11.5 Å². The first-order valence-corrected chi connectivity index (χ1v) is 11.0. The Kier molecular flexibility index (Phi) is 6.31. The lowest BCUT2D eigenvalue weighted by Gasteiger charge is -2.43. The molecule has 1 saturated heterocycles. The number of nitrogens with one attached hydrogen (secondary N) is 1. The van der Waals surface area contributed by atoms with Crippen LogP contribution in [0.5, 0.6) is 0 Å². The number of hydrogen-bond donors (Lipinski definition) is 2. The number of aromatic amines is 1. The first-order chi connectivity index (χ1) is 15.9. The lowest BCUT2D eigenvalue weighted by Crippen LogP contribution is -2.49. The van der Waals surface area contributed by atoms with Crippen molar-refractivity contribution >= 4 is 12.0 Å².